The topological polar surface area (TPSA) is 67.4 Å². The molecule has 27 heavy (non-hydrogen) atoms. The number of methoxy groups -OCH3 is 1. The van der Waals surface area contributed by atoms with E-state index in [1.54, 1.807) is 6.07 Å². The Bertz CT molecular complexity index is 865. The number of benzene rings is 2. The first-order chi connectivity index (χ1) is 12.7. The molecule has 2 N–H and O–H groups in total. The highest BCUT2D eigenvalue weighted by atomic mass is 35.5. The first-order valence-electron chi connectivity index (χ1n) is 7.50. The summed E-state index contributed by atoms with van der Waals surface area (Å²) in [6.07, 6.45) is -2.05. The van der Waals surface area contributed by atoms with Crippen molar-refractivity contribution in [3.8, 4) is 5.75 Å². The number of nitrogens with one attached hydrogen (secondary N) is 2. The lowest BCUT2D eigenvalue weighted by Crippen LogP contribution is -2.40. The van der Waals surface area contributed by atoms with E-state index in [9.17, 15) is 22.8 Å². The van der Waals surface area contributed by atoms with Crippen molar-refractivity contribution in [3.63, 3.8) is 0 Å². The van der Waals surface area contributed by atoms with Crippen molar-refractivity contribution in [3.05, 3.63) is 70.3 Å². The Kier molecular flexibility index (Phi) is 6.46. The molecule has 0 aromatic heterocycles. The maximum Gasteiger partial charge on any atom is 0.416 e. The molecule has 0 bridgehead atoms. The Labute approximate surface area is 157 Å². The van der Waals surface area contributed by atoms with Crippen LogP contribution in [0.4, 0.5) is 13.2 Å². The molecular formula is C18H14ClF3N2O3. The molecule has 0 aliphatic heterocycles. The third-order valence-electron chi connectivity index (χ3n) is 3.37. The van der Waals surface area contributed by atoms with Crippen LogP contribution in [0.2, 0.25) is 5.02 Å². The quantitative estimate of drug-likeness (QED) is 0.607. The van der Waals surface area contributed by atoms with Gasteiger partial charge in [-0.25, -0.2) is 0 Å². The maximum absolute atomic E-state index is 12.5. The molecule has 2 amide bonds. The highest BCUT2D eigenvalue weighted by molar-refractivity contribution is 6.31. The largest absolute Gasteiger partial charge is 0.496 e. The number of halogens is 4. The van der Waals surface area contributed by atoms with Crippen LogP contribution in [0.25, 0.3) is 6.08 Å². The fourth-order valence-electron chi connectivity index (χ4n) is 2.04. The van der Waals surface area contributed by atoms with Crippen molar-refractivity contribution >= 4 is 29.5 Å². The van der Waals surface area contributed by atoms with Gasteiger partial charge in [-0.1, -0.05) is 23.7 Å². The summed E-state index contributed by atoms with van der Waals surface area (Å²) >= 11 is 5.83. The number of rotatable bonds is 4. The van der Waals surface area contributed by atoms with Crippen LogP contribution in [0, 0.1) is 0 Å². The van der Waals surface area contributed by atoms with Crippen LogP contribution >= 0.6 is 11.6 Å². The zero-order valence-corrected chi connectivity index (χ0v) is 14.7. The summed E-state index contributed by atoms with van der Waals surface area (Å²) in [5.74, 6) is -1.05. The lowest BCUT2D eigenvalue weighted by atomic mass is 10.1. The van der Waals surface area contributed by atoms with E-state index in [1.807, 2.05) is 0 Å². The normalized spacial score (nSPS) is 11.3. The molecule has 9 heteroatoms. The molecular weight excluding hydrogens is 385 g/mol. The molecule has 2 aromatic carbocycles. The number of alkyl halides is 3. The predicted molar refractivity (Wildman–Crippen MR) is 94.1 cm³/mol. The molecule has 0 saturated heterocycles. The molecule has 0 unspecified atom stereocenters. The summed E-state index contributed by atoms with van der Waals surface area (Å²) in [4.78, 5) is 23.8. The van der Waals surface area contributed by atoms with Crippen LogP contribution in [0.15, 0.2) is 48.5 Å². The predicted octanol–water partition coefficient (Wildman–Crippen LogP) is 3.84. The van der Waals surface area contributed by atoms with Crippen molar-refractivity contribution in [2.24, 2.45) is 0 Å². The molecule has 0 radical (unpaired) electrons. The lowest BCUT2D eigenvalue weighted by molar-refractivity contribution is -0.137. The number of carbonyl (C=O) groups is 2. The van der Waals surface area contributed by atoms with Gasteiger partial charge in [0.25, 0.3) is 11.8 Å². The van der Waals surface area contributed by atoms with E-state index < -0.39 is 23.6 Å². The minimum Gasteiger partial charge on any atom is -0.496 e. The van der Waals surface area contributed by atoms with E-state index in [2.05, 4.69) is 10.9 Å². The van der Waals surface area contributed by atoms with Crippen molar-refractivity contribution in [1.29, 1.82) is 0 Å². The van der Waals surface area contributed by atoms with E-state index in [0.29, 0.717) is 10.6 Å². The smallest absolute Gasteiger partial charge is 0.416 e. The van der Waals surface area contributed by atoms with Crippen LogP contribution in [0.3, 0.4) is 0 Å². The van der Waals surface area contributed by atoms with Gasteiger partial charge in [0.15, 0.2) is 0 Å². The van der Waals surface area contributed by atoms with E-state index in [4.69, 9.17) is 16.3 Å². The molecule has 0 aliphatic carbocycles. The average Bonchev–Trinajstić information content (AvgIpc) is 2.64. The van der Waals surface area contributed by atoms with Gasteiger partial charge in [0.1, 0.15) is 5.75 Å². The number of hydrogen-bond acceptors (Lipinski definition) is 3. The van der Waals surface area contributed by atoms with Crippen LogP contribution in [0.5, 0.6) is 5.75 Å². The fraction of sp³-hybridized carbons (Fsp3) is 0.111. The molecule has 0 atom stereocenters. The number of hydrogen-bond donors (Lipinski definition) is 2. The Morgan fingerprint density at radius 2 is 1.74 bits per heavy atom. The summed E-state index contributed by atoms with van der Waals surface area (Å²) < 4.78 is 42.5. The monoisotopic (exact) mass is 398 g/mol. The molecule has 5 nitrogen and oxygen atoms in total. The summed E-state index contributed by atoms with van der Waals surface area (Å²) in [5.41, 5.74) is 4.07. The van der Waals surface area contributed by atoms with Crippen molar-refractivity contribution in [1.82, 2.24) is 10.9 Å². The van der Waals surface area contributed by atoms with Crippen LogP contribution < -0.4 is 15.6 Å². The average molecular weight is 399 g/mol. The zero-order chi connectivity index (χ0) is 20.0. The Balaban J connectivity index is 1.95. The summed E-state index contributed by atoms with van der Waals surface area (Å²) in [5, 5.41) is 0.314. The van der Waals surface area contributed by atoms with Gasteiger partial charge in [-0.05, 0) is 42.0 Å². The molecule has 0 fully saturated rings. The maximum atomic E-state index is 12.5. The number of carbonyl (C=O) groups excluding carboxylic acids is 2. The van der Waals surface area contributed by atoms with Crippen LogP contribution in [-0.4, -0.2) is 18.9 Å². The second kappa shape index (κ2) is 8.59. The summed E-state index contributed by atoms with van der Waals surface area (Å²) in [6.45, 7) is 0. The van der Waals surface area contributed by atoms with Crippen molar-refractivity contribution in [2.45, 2.75) is 6.18 Å². The number of amides is 2. The summed E-state index contributed by atoms with van der Waals surface area (Å²) in [6, 6.07) is 8.69. The highest BCUT2D eigenvalue weighted by Gasteiger charge is 2.29. The third-order valence-corrected chi connectivity index (χ3v) is 3.61. The molecule has 0 heterocycles. The third kappa shape index (κ3) is 5.75. The summed E-state index contributed by atoms with van der Waals surface area (Å²) in [7, 11) is 1.38. The Morgan fingerprint density at radius 1 is 1.07 bits per heavy atom. The van der Waals surface area contributed by atoms with E-state index in [-0.39, 0.29) is 11.3 Å². The fourth-order valence-corrected chi connectivity index (χ4v) is 2.21. The van der Waals surface area contributed by atoms with Gasteiger partial charge >= 0.3 is 6.18 Å². The molecule has 2 aromatic rings. The standard InChI is InChI=1S/C18H14ClF3N2O3/c1-27-15-8-7-13(19)10-14(15)17(26)24-23-16(25)9-4-11-2-5-12(6-3-11)18(20,21)22/h2-10H,1H3,(H,23,25)(H,24,26)/b9-4+. The van der Waals surface area contributed by atoms with Gasteiger partial charge in [0.05, 0.1) is 18.2 Å². The zero-order valence-electron chi connectivity index (χ0n) is 13.9. The van der Waals surface area contributed by atoms with Gasteiger partial charge < -0.3 is 4.74 Å². The molecule has 0 spiro atoms. The molecule has 2 rings (SSSR count). The van der Waals surface area contributed by atoms with E-state index in [1.165, 1.54) is 37.5 Å². The number of ether oxygens (including phenoxy) is 1. The Hall–Kier alpha value is -3.00. The van der Waals surface area contributed by atoms with Crippen molar-refractivity contribution < 1.29 is 27.5 Å². The van der Waals surface area contributed by atoms with Gasteiger partial charge in [0.2, 0.25) is 0 Å². The Morgan fingerprint density at radius 3 is 2.33 bits per heavy atom. The van der Waals surface area contributed by atoms with Crippen molar-refractivity contribution in [2.75, 3.05) is 7.11 Å². The van der Waals surface area contributed by atoms with E-state index in [0.717, 1.165) is 18.2 Å². The molecule has 0 saturated carbocycles. The second-order valence-corrected chi connectivity index (χ2v) is 5.68. The van der Waals surface area contributed by atoms with Gasteiger partial charge in [-0.3, -0.25) is 20.4 Å². The SMILES string of the molecule is COc1ccc(Cl)cc1C(=O)NNC(=O)/C=C/c1ccc(C(F)(F)F)cc1. The minimum atomic E-state index is -4.43. The van der Waals surface area contributed by atoms with Gasteiger partial charge in [-0.15, -0.1) is 0 Å². The van der Waals surface area contributed by atoms with Crippen LogP contribution in [0.1, 0.15) is 21.5 Å². The molecule has 142 valence electrons. The van der Waals surface area contributed by atoms with Gasteiger partial charge in [-0.2, -0.15) is 13.2 Å². The first-order valence-corrected chi connectivity index (χ1v) is 7.87. The molecule has 0 aliphatic rings. The lowest BCUT2D eigenvalue weighted by Gasteiger charge is -2.09. The highest BCUT2D eigenvalue weighted by Crippen LogP contribution is 2.29. The van der Waals surface area contributed by atoms with Crippen LogP contribution in [-0.2, 0) is 11.0 Å². The second-order valence-electron chi connectivity index (χ2n) is 5.24. The number of hydrazine groups is 1. The first kappa shape index (κ1) is 20.3. The minimum absolute atomic E-state index is 0.122. The van der Waals surface area contributed by atoms with Gasteiger partial charge in [0, 0.05) is 11.1 Å². The van der Waals surface area contributed by atoms with E-state index >= 15 is 0 Å².